The summed E-state index contributed by atoms with van der Waals surface area (Å²) in [4.78, 5) is 0.0677. The van der Waals surface area contributed by atoms with Gasteiger partial charge in [0.25, 0.3) is 0 Å². The minimum atomic E-state index is -3.63. The first-order chi connectivity index (χ1) is 8.91. The van der Waals surface area contributed by atoms with E-state index >= 15 is 0 Å². The van der Waals surface area contributed by atoms with Gasteiger partial charge in [0.1, 0.15) is 5.82 Å². The molecule has 0 aliphatic carbocycles. The average molecular weight is 285 g/mol. The molecule has 5 nitrogen and oxygen atoms in total. The van der Waals surface area contributed by atoms with Crippen LogP contribution in [0, 0.1) is 17.1 Å². The summed E-state index contributed by atoms with van der Waals surface area (Å²) in [6, 6.07) is 4.75. The number of hydrogen-bond donors (Lipinski definition) is 2. The van der Waals surface area contributed by atoms with E-state index in [9.17, 15) is 12.8 Å². The van der Waals surface area contributed by atoms with E-state index in [0.717, 1.165) is 18.6 Å². The van der Waals surface area contributed by atoms with Gasteiger partial charge in [0.05, 0.1) is 10.7 Å². The summed E-state index contributed by atoms with van der Waals surface area (Å²) in [6.45, 7) is 0.624. The van der Waals surface area contributed by atoms with Crippen LogP contribution in [0.3, 0.4) is 0 Å². The molecule has 1 atom stereocenters. The van der Waals surface area contributed by atoms with E-state index in [0.29, 0.717) is 13.0 Å². The van der Waals surface area contributed by atoms with E-state index in [-0.39, 0.29) is 23.2 Å². The number of hydrogen-bond acceptors (Lipinski definition) is 3. The molecule has 0 amide bonds. The summed E-state index contributed by atoms with van der Waals surface area (Å²) >= 11 is 0. The van der Waals surface area contributed by atoms with Crippen molar-refractivity contribution in [1.82, 2.24) is 4.31 Å². The normalized spacial score (nSPS) is 21.2. The largest absolute Gasteiger partial charge is 0.387 e. The van der Waals surface area contributed by atoms with Gasteiger partial charge in [-0.25, -0.2) is 12.8 Å². The van der Waals surface area contributed by atoms with Crippen LogP contribution < -0.4 is 5.73 Å². The summed E-state index contributed by atoms with van der Waals surface area (Å²) in [5, 5.41) is 7.42. The Hall–Kier alpha value is -1.47. The molecule has 0 aromatic heterocycles. The van der Waals surface area contributed by atoms with Crippen molar-refractivity contribution in [3.8, 4) is 0 Å². The molecular formula is C12H16FN3O2S. The van der Waals surface area contributed by atoms with E-state index < -0.39 is 15.8 Å². The highest BCUT2D eigenvalue weighted by Crippen LogP contribution is 2.23. The molecule has 1 aliphatic rings. The van der Waals surface area contributed by atoms with Crippen molar-refractivity contribution < 1.29 is 12.8 Å². The van der Waals surface area contributed by atoms with Crippen LogP contribution in [0.4, 0.5) is 4.39 Å². The molecule has 0 spiro atoms. The van der Waals surface area contributed by atoms with Crippen LogP contribution in [0.5, 0.6) is 0 Å². The van der Waals surface area contributed by atoms with Crippen LogP contribution in [0.25, 0.3) is 0 Å². The first-order valence-electron chi connectivity index (χ1n) is 6.01. The van der Waals surface area contributed by atoms with Gasteiger partial charge in [0.15, 0.2) is 0 Å². The van der Waals surface area contributed by atoms with Gasteiger partial charge in [-0.2, -0.15) is 4.31 Å². The SMILES string of the molecule is N=C(N)C1CCCN(S(=O)(=O)c2ccc(F)cc2)C1. The summed E-state index contributed by atoms with van der Waals surface area (Å²) < 4.78 is 38.9. The molecule has 19 heavy (non-hydrogen) atoms. The van der Waals surface area contributed by atoms with Crippen molar-refractivity contribution >= 4 is 15.9 Å². The minimum absolute atomic E-state index is 0.0130. The van der Waals surface area contributed by atoms with Gasteiger partial charge in [-0.05, 0) is 37.1 Å². The number of rotatable bonds is 3. The monoisotopic (exact) mass is 285 g/mol. The molecule has 7 heteroatoms. The quantitative estimate of drug-likeness (QED) is 0.645. The lowest BCUT2D eigenvalue weighted by molar-refractivity contribution is 0.310. The number of benzene rings is 1. The van der Waals surface area contributed by atoms with Gasteiger partial charge in [-0.3, -0.25) is 5.41 Å². The van der Waals surface area contributed by atoms with Crippen molar-refractivity contribution in [2.45, 2.75) is 17.7 Å². The highest BCUT2D eigenvalue weighted by Gasteiger charge is 2.31. The van der Waals surface area contributed by atoms with Gasteiger partial charge in [0.2, 0.25) is 10.0 Å². The second kappa shape index (κ2) is 5.26. The smallest absolute Gasteiger partial charge is 0.243 e. The summed E-state index contributed by atoms with van der Waals surface area (Å²) in [7, 11) is -3.63. The van der Waals surface area contributed by atoms with Crippen molar-refractivity contribution in [3.05, 3.63) is 30.1 Å². The maximum Gasteiger partial charge on any atom is 0.243 e. The lowest BCUT2D eigenvalue weighted by atomic mass is 9.99. The van der Waals surface area contributed by atoms with Crippen molar-refractivity contribution in [1.29, 1.82) is 5.41 Å². The molecule has 1 aliphatic heterocycles. The lowest BCUT2D eigenvalue weighted by Gasteiger charge is -2.31. The zero-order valence-corrected chi connectivity index (χ0v) is 11.2. The fourth-order valence-electron chi connectivity index (χ4n) is 2.17. The Kier molecular flexibility index (Phi) is 3.86. The van der Waals surface area contributed by atoms with E-state index in [2.05, 4.69) is 0 Å². The highest BCUT2D eigenvalue weighted by atomic mass is 32.2. The van der Waals surface area contributed by atoms with Crippen LogP contribution in [0.1, 0.15) is 12.8 Å². The number of nitrogens with one attached hydrogen (secondary N) is 1. The Morgan fingerprint density at radius 2 is 2.00 bits per heavy atom. The molecular weight excluding hydrogens is 269 g/mol. The summed E-state index contributed by atoms with van der Waals surface area (Å²) in [5.41, 5.74) is 5.44. The Morgan fingerprint density at radius 1 is 1.37 bits per heavy atom. The Morgan fingerprint density at radius 3 is 2.58 bits per heavy atom. The third-order valence-corrected chi connectivity index (χ3v) is 5.15. The van der Waals surface area contributed by atoms with Crippen LogP contribution >= 0.6 is 0 Å². The Bertz CT molecular complexity index is 571. The molecule has 1 aromatic carbocycles. The fraction of sp³-hybridized carbons (Fsp3) is 0.417. The molecule has 1 saturated heterocycles. The first kappa shape index (κ1) is 14.0. The summed E-state index contributed by atoms with van der Waals surface area (Å²) in [6.07, 6.45) is 1.40. The second-order valence-corrected chi connectivity index (χ2v) is 6.55. The third kappa shape index (κ3) is 2.93. The number of halogens is 1. The van der Waals surface area contributed by atoms with E-state index in [1.165, 1.54) is 16.4 Å². The fourth-order valence-corrected chi connectivity index (χ4v) is 3.69. The standard InChI is InChI=1S/C12H16FN3O2S/c13-10-3-5-11(6-4-10)19(17,18)16-7-1-2-9(8-16)12(14)15/h3-6,9H,1-2,7-8H2,(H3,14,15). The molecule has 0 saturated carbocycles. The maximum absolute atomic E-state index is 12.8. The lowest BCUT2D eigenvalue weighted by Crippen LogP contribution is -2.43. The van der Waals surface area contributed by atoms with Crippen molar-refractivity contribution in [3.63, 3.8) is 0 Å². The van der Waals surface area contributed by atoms with Crippen LogP contribution in [-0.2, 0) is 10.0 Å². The molecule has 1 aromatic rings. The van der Waals surface area contributed by atoms with Crippen molar-refractivity contribution in [2.24, 2.45) is 11.7 Å². The Labute approximate surface area is 111 Å². The third-order valence-electron chi connectivity index (χ3n) is 3.28. The zero-order valence-electron chi connectivity index (χ0n) is 10.3. The molecule has 1 heterocycles. The zero-order chi connectivity index (χ0) is 14.0. The molecule has 0 radical (unpaired) electrons. The molecule has 3 N–H and O–H groups in total. The minimum Gasteiger partial charge on any atom is -0.387 e. The van der Waals surface area contributed by atoms with Crippen molar-refractivity contribution in [2.75, 3.05) is 13.1 Å². The van der Waals surface area contributed by atoms with Gasteiger partial charge < -0.3 is 5.73 Å². The van der Waals surface area contributed by atoms with Gasteiger partial charge in [-0.1, -0.05) is 0 Å². The van der Waals surface area contributed by atoms with Gasteiger partial charge in [-0.15, -0.1) is 0 Å². The number of nitrogens with two attached hydrogens (primary N) is 1. The van der Waals surface area contributed by atoms with E-state index in [4.69, 9.17) is 11.1 Å². The predicted molar refractivity (Wildman–Crippen MR) is 69.8 cm³/mol. The first-order valence-corrected chi connectivity index (χ1v) is 7.45. The molecule has 0 bridgehead atoms. The number of piperidine rings is 1. The van der Waals surface area contributed by atoms with Gasteiger partial charge >= 0.3 is 0 Å². The van der Waals surface area contributed by atoms with Crippen LogP contribution in [-0.4, -0.2) is 31.6 Å². The molecule has 2 rings (SSSR count). The molecule has 1 fully saturated rings. The molecule has 1 unspecified atom stereocenters. The van der Waals surface area contributed by atoms with Crippen LogP contribution in [0.2, 0.25) is 0 Å². The number of sulfonamides is 1. The maximum atomic E-state index is 12.8. The topological polar surface area (TPSA) is 87.2 Å². The second-order valence-electron chi connectivity index (χ2n) is 4.61. The van der Waals surface area contributed by atoms with E-state index in [1.54, 1.807) is 0 Å². The number of amidine groups is 1. The highest BCUT2D eigenvalue weighted by molar-refractivity contribution is 7.89. The predicted octanol–water partition coefficient (Wildman–Crippen LogP) is 1.16. The Balaban J connectivity index is 2.24. The average Bonchev–Trinajstić information content (AvgIpc) is 2.39. The van der Waals surface area contributed by atoms with E-state index in [1.807, 2.05) is 0 Å². The molecule has 104 valence electrons. The van der Waals surface area contributed by atoms with Gasteiger partial charge in [0, 0.05) is 19.0 Å². The number of nitrogens with zero attached hydrogens (tertiary/aromatic N) is 1. The summed E-state index contributed by atoms with van der Waals surface area (Å²) in [5.74, 6) is -0.692. The van der Waals surface area contributed by atoms with Crippen LogP contribution in [0.15, 0.2) is 29.2 Å².